The van der Waals surface area contributed by atoms with Crippen molar-refractivity contribution < 1.29 is 13.9 Å². The number of carbonyl (C=O) groups is 1. The SMILES string of the molecule is Cc1cc2c(c(=O)o1)C(=O)CC(C)O2. The maximum atomic E-state index is 11.5. The molecule has 4 nitrogen and oxygen atoms in total. The van der Waals surface area contributed by atoms with Crippen molar-refractivity contribution in [1.29, 1.82) is 0 Å². The van der Waals surface area contributed by atoms with Gasteiger partial charge in [0.1, 0.15) is 23.2 Å². The van der Waals surface area contributed by atoms with Crippen molar-refractivity contribution in [2.45, 2.75) is 26.4 Å². The second kappa shape index (κ2) is 2.97. The average molecular weight is 194 g/mol. The summed E-state index contributed by atoms with van der Waals surface area (Å²) in [7, 11) is 0. The van der Waals surface area contributed by atoms with Crippen LogP contribution in [0.25, 0.3) is 0 Å². The number of aryl methyl sites for hydroxylation is 1. The zero-order chi connectivity index (χ0) is 10.3. The number of ketones is 1. The molecule has 2 rings (SSSR count). The number of ether oxygens (including phenoxy) is 1. The van der Waals surface area contributed by atoms with Crippen molar-refractivity contribution in [3.05, 3.63) is 27.8 Å². The third-order valence-electron chi connectivity index (χ3n) is 2.12. The minimum atomic E-state index is -0.600. The predicted octanol–water partition coefficient (Wildman–Crippen LogP) is 1.30. The van der Waals surface area contributed by atoms with Gasteiger partial charge in [-0.25, -0.2) is 4.79 Å². The van der Waals surface area contributed by atoms with Crippen molar-refractivity contribution in [2.75, 3.05) is 0 Å². The van der Waals surface area contributed by atoms with Crippen LogP contribution in [0.5, 0.6) is 5.75 Å². The highest BCUT2D eigenvalue weighted by Crippen LogP contribution is 2.25. The van der Waals surface area contributed by atoms with E-state index in [1.165, 1.54) is 0 Å². The largest absolute Gasteiger partial charge is 0.489 e. The van der Waals surface area contributed by atoms with E-state index in [-0.39, 0.29) is 23.9 Å². The van der Waals surface area contributed by atoms with Gasteiger partial charge in [-0.2, -0.15) is 0 Å². The summed E-state index contributed by atoms with van der Waals surface area (Å²) in [5.41, 5.74) is -0.550. The molecule has 0 aromatic carbocycles. The lowest BCUT2D eigenvalue weighted by Crippen LogP contribution is -2.29. The molecule has 14 heavy (non-hydrogen) atoms. The van der Waals surface area contributed by atoms with Crippen LogP contribution >= 0.6 is 0 Å². The molecule has 1 aromatic rings. The van der Waals surface area contributed by atoms with E-state index in [9.17, 15) is 9.59 Å². The Bertz CT molecular complexity index is 444. The number of carbonyl (C=O) groups excluding carboxylic acids is 1. The molecular weight excluding hydrogens is 184 g/mol. The van der Waals surface area contributed by atoms with Crippen molar-refractivity contribution in [3.63, 3.8) is 0 Å². The van der Waals surface area contributed by atoms with Gasteiger partial charge in [-0.05, 0) is 13.8 Å². The van der Waals surface area contributed by atoms with E-state index in [1.807, 2.05) is 0 Å². The highest BCUT2D eigenvalue weighted by atomic mass is 16.5. The van der Waals surface area contributed by atoms with E-state index in [0.29, 0.717) is 11.5 Å². The first-order chi connectivity index (χ1) is 6.58. The summed E-state index contributed by atoms with van der Waals surface area (Å²) in [6, 6.07) is 1.57. The highest BCUT2D eigenvalue weighted by Gasteiger charge is 2.27. The van der Waals surface area contributed by atoms with E-state index in [1.54, 1.807) is 19.9 Å². The summed E-state index contributed by atoms with van der Waals surface area (Å²) in [6.07, 6.45) is 0.0667. The van der Waals surface area contributed by atoms with Crippen LogP contribution in [0, 0.1) is 6.92 Å². The molecule has 1 aliphatic heterocycles. The van der Waals surface area contributed by atoms with Gasteiger partial charge in [0.2, 0.25) is 0 Å². The van der Waals surface area contributed by atoms with Gasteiger partial charge >= 0.3 is 5.63 Å². The van der Waals surface area contributed by atoms with Crippen LogP contribution in [-0.2, 0) is 0 Å². The summed E-state index contributed by atoms with van der Waals surface area (Å²) < 4.78 is 10.2. The lowest BCUT2D eigenvalue weighted by Gasteiger charge is -2.20. The topological polar surface area (TPSA) is 56.5 Å². The predicted molar refractivity (Wildman–Crippen MR) is 48.8 cm³/mol. The third-order valence-corrected chi connectivity index (χ3v) is 2.12. The van der Waals surface area contributed by atoms with Gasteiger partial charge in [0, 0.05) is 12.5 Å². The van der Waals surface area contributed by atoms with Crippen molar-refractivity contribution in [1.82, 2.24) is 0 Å². The van der Waals surface area contributed by atoms with Gasteiger partial charge in [0.05, 0.1) is 0 Å². The fraction of sp³-hybridized carbons (Fsp3) is 0.400. The molecule has 2 heterocycles. The van der Waals surface area contributed by atoms with Gasteiger partial charge in [-0.1, -0.05) is 0 Å². The Morgan fingerprint density at radius 3 is 2.86 bits per heavy atom. The molecule has 0 saturated carbocycles. The molecule has 0 saturated heterocycles. The Kier molecular flexibility index (Phi) is 1.91. The second-order valence-electron chi connectivity index (χ2n) is 3.44. The Balaban J connectivity index is 2.65. The van der Waals surface area contributed by atoms with Crippen LogP contribution in [0.1, 0.15) is 29.5 Å². The van der Waals surface area contributed by atoms with Crippen LogP contribution in [-0.4, -0.2) is 11.9 Å². The first-order valence-corrected chi connectivity index (χ1v) is 4.42. The quantitative estimate of drug-likeness (QED) is 0.624. The van der Waals surface area contributed by atoms with Crippen LogP contribution in [0.2, 0.25) is 0 Å². The molecular formula is C10H10O4. The third kappa shape index (κ3) is 1.32. The van der Waals surface area contributed by atoms with Gasteiger partial charge in [-0.15, -0.1) is 0 Å². The van der Waals surface area contributed by atoms with Crippen molar-refractivity contribution >= 4 is 5.78 Å². The number of hydrogen-bond acceptors (Lipinski definition) is 4. The minimum absolute atomic E-state index is 0.0497. The number of rotatable bonds is 0. The normalized spacial score (nSPS) is 20.1. The standard InChI is InChI=1S/C10H10O4/c1-5-3-7(11)9-8(13-5)4-6(2)14-10(9)12/h4-5H,3H2,1-2H3. The van der Waals surface area contributed by atoms with Gasteiger partial charge in [-0.3, -0.25) is 4.79 Å². The Labute approximate surface area is 80.5 Å². The highest BCUT2D eigenvalue weighted by molar-refractivity contribution is 5.99. The molecule has 1 aliphatic rings. The molecule has 0 bridgehead atoms. The number of Topliss-reactive ketones (excluding diaryl/α,β-unsaturated/α-hetero) is 1. The smallest absolute Gasteiger partial charge is 0.350 e. The summed E-state index contributed by atoms with van der Waals surface area (Å²) >= 11 is 0. The molecule has 0 spiro atoms. The van der Waals surface area contributed by atoms with Gasteiger partial charge in [0.15, 0.2) is 5.78 Å². The van der Waals surface area contributed by atoms with Crippen LogP contribution in [0.3, 0.4) is 0 Å². The lowest BCUT2D eigenvalue weighted by atomic mass is 10.0. The van der Waals surface area contributed by atoms with E-state index >= 15 is 0 Å². The number of hydrogen-bond donors (Lipinski definition) is 0. The zero-order valence-corrected chi connectivity index (χ0v) is 7.99. The molecule has 1 atom stereocenters. The zero-order valence-electron chi connectivity index (χ0n) is 7.99. The molecule has 0 aliphatic carbocycles. The molecule has 0 amide bonds. The number of fused-ring (bicyclic) bond motifs is 1. The molecule has 1 unspecified atom stereocenters. The van der Waals surface area contributed by atoms with Crippen LogP contribution in [0.4, 0.5) is 0 Å². The van der Waals surface area contributed by atoms with Crippen LogP contribution in [0.15, 0.2) is 15.3 Å². The lowest BCUT2D eigenvalue weighted by molar-refractivity contribution is 0.0862. The van der Waals surface area contributed by atoms with Crippen molar-refractivity contribution in [2.24, 2.45) is 0 Å². The maximum Gasteiger partial charge on any atom is 0.350 e. The fourth-order valence-corrected chi connectivity index (χ4v) is 1.55. The average Bonchev–Trinajstić information content (AvgIpc) is 1.99. The first-order valence-electron chi connectivity index (χ1n) is 4.42. The van der Waals surface area contributed by atoms with E-state index in [0.717, 1.165) is 0 Å². The second-order valence-corrected chi connectivity index (χ2v) is 3.44. The van der Waals surface area contributed by atoms with E-state index < -0.39 is 5.63 Å². The summed E-state index contributed by atoms with van der Waals surface area (Å²) in [5.74, 6) is 0.602. The van der Waals surface area contributed by atoms with E-state index in [2.05, 4.69) is 0 Å². The molecule has 0 fully saturated rings. The Morgan fingerprint density at radius 1 is 1.43 bits per heavy atom. The Hall–Kier alpha value is -1.58. The monoisotopic (exact) mass is 194 g/mol. The van der Waals surface area contributed by atoms with Crippen molar-refractivity contribution in [3.8, 4) is 5.75 Å². The molecule has 74 valence electrons. The Morgan fingerprint density at radius 2 is 2.14 bits per heavy atom. The maximum absolute atomic E-state index is 11.5. The molecule has 4 heteroatoms. The van der Waals surface area contributed by atoms with Gasteiger partial charge < -0.3 is 9.15 Å². The molecule has 1 aromatic heterocycles. The fourth-order valence-electron chi connectivity index (χ4n) is 1.55. The van der Waals surface area contributed by atoms with Crippen LogP contribution < -0.4 is 10.4 Å². The summed E-state index contributed by atoms with van der Waals surface area (Å²) in [5, 5.41) is 0. The molecule has 0 radical (unpaired) electrons. The van der Waals surface area contributed by atoms with E-state index in [4.69, 9.17) is 9.15 Å². The minimum Gasteiger partial charge on any atom is -0.489 e. The first kappa shape index (κ1) is 8.99. The van der Waals surface area contributed by atoms with Gasteiger partial charge in [0.25, 0.3) is 0 Å². The summed E-state index contributed by atoms with van der Waals surface area (Å²) in [6.45, 7) is 3.44. The molecule has 0 N–H and O–H groups in total. The summed E-state index contributed by atoms with van der Waals surface area (Å²) in [4.78, 5) is 22.8.